The molecule has 0 bridgehead atoms. The molecule has 0 aromatic carbocycles. The normalized spacial score (nSPS) is 10.6. The van der Waals surface area contributed by atoms with Crippen molar-refractivity contribution >= 4 is 0 Å². The van der Waals surface area contributed by atoms with Crippen molar-refractivity contribution in [2.75, 3.05) is 20.2 Å². The van der Waals surface area contributed by atoms with Crippen molar-refractivity contribution in [2.24, 2.45) is 0 Å². The molecule has 0 atom stereocenters. The van der Waals surface area contributed by atoms with Crippen LogP contribution in [0.2, 0.25) is 0 Å². The molecule has 0 unspecified atom stereocenters. The topological polar surface area (TPSA) is 58.3 Å². The van der Waals surface area contributed by atoms with Crippen LogP contribution in [0.3, 0.4) is 0 Å². The van der Waals surface area contributed by atoms with Gasteiger partial charge >= 0.3 is 0 Å². The lowest BCUT2D eigenvalue weighted by Gasteiger charge is -1.92. The van der Waals surface area contributed by atoms with Crippen molar-refractivity contribution in [3.8, 4) is 0 Å². The molecule has 2 N–H and O–H groups in total. The van der Waals surface area contributed by atoms with Crippen LogP contribution in [0.25, 0.3) is 0 Å². The van der Waals surface area contributed by atoms with E-state index in [1.54, 1.807) is 6.26 Å². The van der Waals surface area contributed by atoms with Gasteiger partial charge in [-0.3, -0.25) is 0 Å². The van der Waals surface area contributed by atoms with Crippen LogP contribution in [0.15, 0.2) is 10.7 Å². The minimum Gasteiger partial charge on any atom is -0.449 e. The molecule has 13 heavy (non-hydrogen) atoms. The molecule has 0 aliphatic rings. The summed E-state index contributed by atoms with van der Waals surface area (Å²) in [4.78, 5) is 4.27. The number of likely N-dealkylation sites (N-methyl/N-ethyl adjacent to an activating group) is 1. The smallest absolute Gasteiger partial charge is 0.194 e. The second-order valence-corrected chi connectivity index (χ2v) is 2.91. The standard InChI is InChI=1S/C9H16N2O2/c1-10-5-4-8-7-13-9(11-8)3-2-6-12/h7,10,12H,2-6H2,1H3. The van der Waals surface area contributed by atoms with Gasteiger partial charge in [0.05, 0.1) is 5.69 Å². The van der Waals surface area contributed by atoms with Crippen LogP contribution >= 0.6 is 0 Å². The lowest BCUT2D eigenvalue weighted by Crippen LogP contribution is -2.10. The van der Waals surface area contributed by atoms with Gasteiger partial charge in [0.2, 0.25) is 0 Å². The van der Waals surface area contributed by atoms with Crippen molar-refractivity contribution in [1.82, 2.24) is 10.3 Å². The first-order chi connectivity index (χ1) is 6.36. The second-order valence-electron chi connectivity index (χ2n) is 2.91. The average Bonchev–Trinajstić information content (AvgIpc) is 2.59. The summed E-state index contributed by atoms with van der Waals surface area (Å²) in [5, 5.41) is 11.6. The Morgan fingerprint density at radius 2 is 2.38 bits per heavy atom. The number of aromatic nitrogens is 1. The highest BCUT2D eigenvalue weighted by molar-refractivity contribution is 4.97. The van der Waals surface area contributed by atoms with Crippen molar-refractivity contribution < 1.29 is 9.52 Å². The van der Waals surface area contributed by atoms with Gasteiger partial charge in [0.25, 0.3) is 0 Å². The lowest BCUT2D eigenvalue weighted by molar-refractivity contribution is 0.283. The average molecular weight is 184 g/mol. The van der Waals surface area contributed by atoms with Gasteiger partial charge in [0.15, 0.2) is 5.89 Å². The molecule has 4 nitrogen and oxygen atoms in total. The van der Waals surface area contributed by atoms with Gasteiger partial charge in [-0.2, -0.15) is 0 Å². The van der Waals surface area contributed by atoms with Gasteiger partial charge in [-0.25, -0.2) is 4.98 Å². The van der Waals surface area contributed by atoms with Gasteiger partial charge in [-0.15, -0.1) is 0 Å². The number of aliphatic hydroxyl groups excluding tert-OH is 1. The Labute approximate surface area is 78.0 Å². The number of oxazole rings is 1. The number of aryl methyl sites for hydroxylation is 1. The molecule has 0 aliphatic carbocycles. The summed E-state index contributed by atoms with van der Waals surface area (Å²) in [5.74, 6) is 0.722. The summed E-state index contributed by atoms with van der Waals surface area (Å²) in [6, 6.07) is 0. The fourth-order valence-electron chi connectivity index (χ4n) is 1.06. The second kappa shape index (κ2) is 5.72. The third-order valence-electron chi connectivity index (χ3n) is 1.78. The van der Waals surface area contributed by atoms with Crippen molar-refractivity contribution in [3.05, 3.63) is 17.8 Å². The van der Waals surface area contributed by atoms with E-state index in [0.29, 0.717) is 6.42 Å². The molecule has 4 heteroatoms. The maximum atomic E-state index is 8.60. The Hall–Kier alpha value is -0.870. The Morgan fingerprint density at radius 3 is 3.08 bits per heavy atom. The predicted octanol–water partition coefficient (Wildman–Crippen LogP) is 0.361. The fraction of sp³-hybridized carbons (Fsp3) is 0.667. The number of nitrogens with zero attached hydrogens (tertiary/aromatic N) is 1. The molecule has 0 spiro atoms. The molecule has 0 fully saturated rings. The number of rotatable bonds is 6. The van der Waals surface area contributed by atoms with E-state index >= 15 is 0 Å². The van der Waals surface area contributed by atoms with Crippen LogP contribution in [0.1, 0.15) is 18.0 Å². The number of aliphatic hydroxyl groups is 1. The number of hydrogen-bond donors (Lipinski definition) is 2. The largest absolute Gasteiger partial charge is 0.449 e. The molecule has 1 aromatic heterocycles. The first-order valence-electron chi connectivity index (χ1n) is 4.55. The molecular weight excluding hydrogens is 168 g/mol. The lowest BCUT2D eigenvalue weighted by atomic mass is 10.3. The van der Waals surface area contributed by atoms with Crippen LogP contribution < -0.4 is 5.32 Å². The molecule has 0 saturated carbocycles. The maximum absolute atomic E-state index is 8.60. The minimum atomic E-state index is 0.189. The van der Waals surface area contributed by atoms with Crippen LogP contribution in [0, 0.1) is 0 Å². The third-order valence-corrected chi connectivity index (χ3v) is 1.78. The van der Waals surface area contributed by atoms with E-state index in [-0.39, 0.29) is 6.61 Å². The molecule has 1 rings (SSSR count). The number of hydrogen-bond acceptors (Lipinski definition) is 4. The summed E-state index contributed by atoms with van der Waals surface area (Å²) >= 11 is 0. The van der Waals surface area contributed by atoms with E-state index in [1.165, 1.54) is 0 Å². The van der Waals surface area contributed by atoms with Crippen LogP contribution in [-0.2, 0) is 12.8 Å². The van der Waals surface area contributed by atoms with E-state index < -0.39 is 0 Å². The maximum Gasteiger partial charge on any atom is 0.194 e. The minimum absolute atomic E-state index is 0.189. The SMILES string of the molecule is CNCCc1coc(CCCO)n1. The molecule has 74 valence electrons. The van der Waals surface area contributed by atoms with E-state index in [1.807, 2.05) is 7.05 Å². The van der Waals surface area contributed by atoms with Gasteiger partial charge < -0.3 is 14.8 Å². The van der Waals surface area contributed by atoms with Gasteiger partial charge in [0, 0.05) is 26.0 Å². The Balaban J connectivity index is 2.34. The number of nitrogens with one attached hydrogen (secondary N) is 1. The zero-order valence-corrected chi connectivity index (χ0v) is 7.92. The highest BCUT2D eigenvalue weighted by Crippen LogP contribution is 2.04. The highest BCUT2D eigenvalue weighted by Gasteiger charge is 2.02. The predicted molar refractivity (Wildman–Crippen MR) is 49.5 cm³/mol. The molecule has 1 aromatic rings. The Bertz CT molecular complexity index is 213. The van der Waals surface area contributed by atoms with Crippen LogP contribution in [0.4, 0.5) is 0 Å². The highest BCUT2D eigenvalue weighted by atomic mass is 16.3. The zero-order valence-electron chi connectivity index (χ0n) is 7.92. The van der Waals surface area contributed by atoms with Crippen LogP contribution in [-0.4, -0.2) is 30.3 Å². The summed E-state index contributed by atoms with van der Waals surface area (Å²) in [7, 11) is 1.91. The third kappa shape index (κ3) is 3.57. The van der Waals surface area contributed by atoms with Crippen molar-refractivity contribution in [1.29, 1.82) is 0 Å². The molecule has 1 heterocycles. The quantitative estimate of drug-likeness (QED) is 0.670. The molecular formula is C9H16N2O2. The molecule has 0 aliphatic heterocycles. The van der Waals surface area contributed by atoms with E-state index in [9.17, 15) is 0 Å². The first-order valence-corrected chi connectivity index (χ1v) is 4.55. The summed E-state index contributed by atoms with van der Waals surface area (Å²) in [6.45, 7) is 1.10. The molecule has 0 saturated heterocycles. The van der Waals surface area contributed by atoms with Crippen LogP contribution in [0.5, 0.6) is 0 Å². The fourth-order valence-corrected chi connectivity index (χ4v) is 1.06. The Morgan fingerprint density at radius 1 is 1.54 bits per heavy atom. The van der Waals surface area contributed by atoms with E-state index in [2.05, 4.69) is 10.3 Å². The van der Waals surface area contributed by atoms with E-state index in [4.69, 9.17) is 9.52 Å². The summed E-state index contributed by atoms with van der Waals surface area (Å²) in [6.07, 6.45) is 4.01. The van der Waals surface area contributed by atoms with E-state index in [0.717, 1.165) is 31.0 Å². The molecule has 0 amide bonds. The zero-order chi connectivity index (χ0) is 9.52. The summed E-state index contributed by atoms with van der Waals surface area (Å²) in [5.41, 5.74) is 0.974. The van der Waals surface area contributed by atoms with Gasteiger partial charge in [0.1, 0.15) is 6.26 Å². The van der Waals surface area contributed by atoms with Crippen molar-refractivity contribution in [2.45, 2.75) is 19.3 Å². The van der Waals surface area contributed by atoms with Gasteiger partial charge in [-0.05, 0) is 13.5 Å². The Kier molecular flexibility index (Phi) is 4.49. The first kappa shape index (κ1) is 10.2. The van der Waals surface area contributed by atoms with Crippen molar-refractivity contribution in [3.63, 3.8) is 0 Å². The molecule has 0 radical (unpaired) electrons. The summed E-state index contributed by atoms with van der Waals surface area (Å²) < 4.78 is 5.21. The monoisotopic (exact) mass is 184 g/mol. The van der Waals surface area contributed by atoms with Gasteiger partial charge in [-0.1, -0.05) is 0 Å².